The van der Waals surface area contributed by atoms with Crippen molar-refractivity contribution in [1.29, 1.82) is 0 Å². The van der Waals surface area contributed by atoms with Gasteiger partial charge in [-0.15, -0.1) is 0 Å². The summed E-state index contributed by atoms with van der Waals surface area (Å²) in [6.45, 7) is 3.21. The first-order valence-electron chi connectivity index (χ1n) is 4.50. The third kappa shape index (κ3) is 1.42. The van der Waals surface area contributed by atoms with Crippen LogP contribution < -0.4 is 0 Å². The highest BCUT2D eigenvalue weighted by Gasteiger charge is 2.36. The molecule has 0 atom stereocenters. The summed E-state index contributed by atoms with van der Waals surface area (Å²) in [6.07, 6.45) is 4.92. The van der Waals surface area contributed by atoms with Crippen molar-refractivity contribution in [2.24, 2.45) is 0 Å². The molecular formula is C9H16NO-. The average Bonchev–Trinajstić information content (AvgIpc) is 2.45. The Labute approximate surface area is 68.5 Å². The SMILES string of the molecule is [CH2-]N1CCC2(CCCO2)CC1. The van der Waals surface area contributed by atoms with E-state index in [4.69, 9.17) is 4.74 Å². The Balaban J connectivity index is 1.94. The maximum Gasteiger partial charge on any atom is 0.0705 e. The van der Waals surface area contributed by atoms with Gasteiger partial charge in [0.1, 0.15) is 0 Å². The van der Waals surface area contributed by atoms with Gasteiger partial charge in [0.25, 0.3) is 0 Å². The molecule has 2 aliphatic rings. The van der Waals surface area contributed by atoms with Crippen LogP contribution in [-0.2, 0) is 4.74 Å². The minimum atomic E-state index is 0.272. The maximum atomic E-state index is 5.78. The highest BCUT2D eigenvalue weighted by Crippen LogP contribution is 2.35. The number of likely N-dealkylation sites (tertiary alicyclic amines) is 1. The van der Waals surface area contributed by atoms with E-state index < -0.39 is 0 Å². The Kier molecular flexibility index (Phi) is 1.90. The first-order valence-corrected chi connectivity index (χ1v) is 4.50. The first-order chi connectivity index (χ1) is 5.31. The summed E-state index contributed by atoms with van der Waals surface area (Å²) >= 11 is 0. The van der Waals surface area contributed by atoms with E-state index in [0.717, 1.165) is 19.7 Å². The molecule has 2 rings (SSSR count). The summed E-state index contributed by atoms with van der Waals surface area (Å²) < 4.78 is 5.78. The average molecular weight is 154 g/mol. The van der Waals surface area contributed by atoms with Crippen LogP contribution >= 0.6 is 0 Å². The normalized spacial score (nSPS) is 31.4. The largest absolute Gasteiger partial charge is 0.459 e. The molecular weight excluding hydrogens is 138 g/mol. The van der Waals surface area contributed by atoms with E-state index in [1.165, 1.54) is 25.7 Å². The highest BCUT2D eigenvalue weighted by molar-refractivity contribution is 4.90. The fourth-order valence-electron chi connectivity index (χ4n) is 2.11. The zero-order chi connectivity index (χ0) is 7.73. The van der Waals surface area contributed by atoms with Crippen molar-refractivity contribution < 1.29 is 4.74 Å². The van der Waals surface area contributed by atoms with E-state index in [1.54, 1.807) is 0 Å². The molecule has 0 aliphatic carbocycles. The summed E-state index contributed by atoms with van der Waals surface area (Å²) in [5.41, 5.74) is 0.272. The molecule has 0 bridgehead atoms. The van der Waals surface area contributed by atoms with Gasteiger partial charge in [-0.25, -0.2) is 0 Å². The van der Waals surface area contributed by atoms with Gasteiger partial charge in [-0.05, 0) is 38.8 Å². The van der Waals surface area contributed by atoms with Gasteiger partial charge in [-0.3, -0.25) is 7.05 Å². The lowest BCUT2D eigenvalue weighted by atomic mass is 9.89. The smallest absolute Gasteiger partial charge is 0.0705 e. The van der Waals surface area contributed by atoms with Crippen LogP contribution in [0.4, 0.5) is 0 Å². The number of hydrogen-bond acceptors (Lipinski definition) is 2. The van der Waals surface area contributed by atoms with Crippen LogP contribution in [0.15, 0.2) is 0 Å². The highest BCUT2D eigenvalue weighted by atomic mass is 16.5. The zero-order valence-electron chi connectivity index (χ0n) is 7.01. The Morgan fingerprint density at radius 1 is 1.18 bits per heavy atom. The van der Waals surface area contributed by atoms with Crippen LogP contribution in [0.5, 0.6) is 0 Å². The van der Waals surface area contributed by atoms with Crippen molar-refractivity contribution in [1.82, 2.24) is 4.90 Å². The summed E-state index contributed by atoms with van der Waals surface area (Å²) in [6, 6.07) is 0. The van der Waals surface area contributed by atoms with Crippen LogP contribution in [0.25, 0.3) is 0 Å². The molecule has 0 aromatic carbocycles. The molecule has 0 unspecified atom stereocenters. The van der Waals surface area contributed by atoms with Crippen LogP contribution in [0, 0.1) is 7.05 Å². The lowest BCUT2D eigenvalue weighted by Crippen LogP contribution is -2.41. The summed E-state index contributed by atoms with van der Waals surface area (Å²) in [7, 11) is 3.93. The fourth-order valence-corrected chi connectivity index (χ4v) is 2.11. The lowest BCUT2D eigenvalue weighted by Gasteiger charge is -2.40. The van der Waals surface area contributed by atoms with Crippen molar-refractivity contribution in [3.63, 3.8) is 0 Å². The third-order valence-corrected chi connectivity index (χ3v) is 2.95. The first kappa shape index (κ1) is 7.56. The molecule has 2 fully saturated rings. The van der Waals surface area contributed by atoms with Crippen LogP contribution in [0.1, 0.15) is 25.7 Å². The molecule has 11 heavy (non-hydrogen) atoms. The second-order valence-corrected chi connectivity index (χ2v) is 3.75. The van der Waals surface area contributed by atoms with Gasteiger partial charge in [0.2, 0.25) is 0 Å². The van der Waals surface area contributed by atoms with Crippen molar-refractivity contribution in [3.8, 4) is 0 Å². The summed E-state index contributed by atoms with van der Waals surface area (Å²) in [5.74, 6) is 0. The minimum Gasteiger partial charge on any atom is -0.459 e. The molecule has 2 heteroatoms. The molecule has 0 amide bonds. The molecule has 2 heterocycles. The van der Waals surface area contributed by atoms with Crippen molar-refractivity contribution >= 4 is 0 Å². The fraction of sp³-hybridized carbons (Fsp3) is 0.889. The number of hydrogen-bond donors (Lipinski definition) is 0. The van der Waals surface area contributed by atoms with Crippen molar-refractivity contribution in [3.05, 3.63) is 7.05 Å². The molecule has 0 radical (unpaired) electrons. The number of rotatable bonds is 0. The van der Waals surface area contributed by atoms with E-state index in [2.05, 4.69) is 11.9 Å². The van der Waals surface area contributed by atoms with Crippen LogP contribution in [0.3, 0.4) is 0 Å². The summed E-state index contributed by atoms with van der Waals surface area (Å²) in [5, 5.41) is 0. The van der Waals surface area contributed by atoms with Crippen LogP contribution in [-0.4, -0.2) is 30.2 Å². The van der Waals surface area contributed by atoms with Gasteiger partial charge >= 0.3 is 0 Å². The number of nitrogens with zero attached hydrogens (tertiary/aromatic N) is 1. The van der Waals surface area contributed by atoms with Gasteiger partial charge in [0.15, 0.2) is 0 Å². The molecule has 0 aromatic rings. The molecule has 2 nitrogen and oxygen atoms in total. The van der Waals surface area contributed by atoms with Crippen molar-refractivity contribution in [2.75, 3.05) is 19.7 Å². The van der Waals surface area contributed by atoms with Crippen molar-refractivity contribution in [2.45, 2.75) is 31.3 Å². The minimum absolute atomic E-state index is 0.272. The molecule has 2 aliphatic heterocycles. The molecule has 0 aromatic heterocycles. The van der Waals surface area contributed by atoms with Gasteiger partial charge in [0.05, 0.1) is 5.60 Å². The summed E-state index contributed by atoms with van der Waals surface area (Å²) in [4.78, 5) is 2.15. The van der Waals surface area contributed by atoms with Gasteiger partial charge in [-0.2, -0.15) is 0 Å². The second kappa shape index (κ2) is 2.76. The van der Waals surface area contributed by atoms with E-state index in [0.29, 0.717) is 0 Å². The monoisotopic (exact) mass is 154 g/mol. The quantitative estimate of drug-likeness (QED) is 0.489. The molecule has 0 saturated carbocycles. The third-order valence-electron chi connectivity index (χ3n) is 2.95. The number of piperidine rings is 1. The predicted molar refractivity (Wildman–Crippen MR) is 44.1 cm³/mol. The number of ether oxygens (including phenoxy) is 1. The van der Waals surface area contributed by atoms with Gasteiger partial charge < -0.3 is 9.64 Å². The van der Waals surface area contributed by atoms with Gasteiger partial charge in [-0.1, -0.05) is 0 Å². The lowest BCUT2D eigenvalue weighted by molar-refractivity contribution is -0.0363. The topological polar surface area (TPSA) is 12.5 Å². The van der Waals surface area contributed by atoms with Crippen LogP contribution in [0.2, 0.25) is 0 Å². The Hall–Kier alpha value is -0.0800. The zero-order valence-corrected chi connectivity index (χ0v) is 7.01. The standard InChI is InChI=1S/C9H16NO/c1-10-6-4-9(5-7-10)3-2-8-11-9/h1-8H2/q-1. The van der Waals surface area contributed by atoms with E-state index >= 15 is 0 Å². The molecule has 64 valence electrons. The Bertz CT molecular complexity index is 130. The van der Waals surface area contributed by atoms with E-state index in [9.17, 15) is 0 Å². The van der Waals surface area contributed by atoms with Gasteiger partial charge in [0, 0.05) is 6.61 Å². The second-order valence-electron chi connectivity index (χ2n) is 3.75. The Morgan fingerprint density at radius 3 is 2.45 bits per heavy atom. The van der Waals surface area contributed by atoms with E-state index in [-0.39, 0.29) is 5.60 Å². The predicted octanol–water partition coefficient (Wildman–Crippen LogP) is 1.42. The maximum absolute atomic E-state index is 5.78. The Morgan fingerprint density at radius 2 is 1.91 bits per heavy atom. The molecule has 2 saturated heterocycles. The molecule has 1 spiro atoms. The molecule has 0 N–H and O–H groups in total. The van der Waals surface area contributed by atoms with E-state index in [1.807, 2.05) is 0 Å².